The quantitative estimate of drug-likeness (QED) is 0.905. The summed E-state index contributed by atoms with van der Waals surface area (Å²) in [6.45, 7) is 1.90. The normalized spacial score (nSPS) is 15.0. The Kier molecular flexibility index (Phi) is 3.00. The van der Waals surface area contributed by atoms with Crippen LogP contribution in [-0.4, -0.2) is 16.3 Å². The molecule has 1 aliphatic heterocycles. The SMILES string of the molecule is CCc1nc(N)cc(Nc2ccc3c(c2)OC(F)(F)O3)n1. The van der Waals surface area contributed by atoms with E-state index in [0.717, 1.165) is 0 Å². The maximum Gasteiger partial charge on any atom is 0.586 e. The van der Waals surface area contributed by atoms with Crippen LogP contribution >= 0.6 is 0 Å². The number of hydrogen-bond acceptors (Lipinski definition) is 6. The molecule has 2 aromatic rings. The average Bonchev–Trinajstić information content (AvgIpc) is 2.71. The van der Waals surface area contributed by atoms with Gasteiger partial charge in [-0.1, -0.05) is 6.92 Å². The first-order valence-electron chi connectivity index (χ1n) is 6.25. The van der Waals surface area contributed by atoms with Gasteiger partial charge in [0.25, 0.3) is 0 Å². The van der Waals surface area contributed by atoms with Crippen molar-refractivity contribution in [3.63, 3.8) is 0 Å². The summed E-state index contributed by atoms with van der Waals surface area (Å²) >= 11 is 0. The van der Waals surface area contributed by atoms with E-state index >= 15 is 0 Å². The molecule has 0 fully saturated rings. The second-order valence-electron chi connectivity index (χ2n) is 4.40. The van der Waals surface area contributed by atoms with Crippen molar-refractivity contribution < 1.29 is 18.3 Å². The van der Waals surface area contributed by atoms with Crippen LogP contribution in [0.15, 0.2) is 24.3 Å². The van der Waals surface area contributed by atoms with Crippen molar-refractivity contribution in [3.05, 3.63) is 30.1 Å². The van der Waals surface area contributed by atoms with Gasteiger partial charge in [0, 0.05) is 24.2 Å². The topological polar surface area (TPSA) is 82.3 Å². The third-order valence-electron chi connectivity index (χ3n) is 2.78. The smallest absolute Gasteiger partial charge is 0.395 e. The van der Waals surface area contributed by atoms with Gasteiger partial charge < -0.3 is 20.5 Å². The number of alkyl halides is 2. The van der Waals surface area contributed by atoms with Crippen LogP contribution in [0.5, 0.6) is 11.5 Å². The van der Waals surface area contributed by atoms with Gasteiger partial charge in [-0.25, -0.2) is 9.97 Å². The summed E-state index contributed by atoms with van der Waals surface area (Å²) in [5.74, 6) is 1.34. The first-order chi connectivity index (χ1) is 9.95. The van der Waals surface area contributed by atoms with Crippen LogP contribution < -0.4 is 20.5 Å². The summed E-state index contributed by atoms with van der Waals surface area (Å²) in [5, 5.41) is 2.96. The molecule has 0 spiro atoms. The molecule has 0 saturated carbocycles. The number of benzene rings is 1. The molecule has 0 atom stereocenters. The van der Waals surface area contributed by atoms with Crippen molar-refractivity contribution in [1.29, 1.82) is 0 Å². The molecule has 2 heterocycles. The first kappa shape index (κ1) is 13.3. The van der Waals surface area contributed by atoms with Crippen LogP contribution in [0.1, 0.15) is 12.7 Å². The fourth-order valence-corrected chi connectivity index (χ4v) is 1.91. The maximum absolute atomic E-state index is 12.9. The Hall–Kier alpha value is -2.64. The second kappa shape index (κ2) is 4.72. The Balaban J connectivity index is 1.85. The number of fused-ring (bicyclic) bond motifs is 1. The highest BCUT2D eigenvalue weighted by atomic mass is 19.3. The van der Waals surface area contributed by atoms with Gasteiger partial charge in [-0.15, -0.1) is 8.78 Å². The fraction of sp³-hybridized carbons (Fsp3) is 0.231. The molecule has 0 unspecified atom stereocenters. The third kappa shape index (κ3) is 2.78. The molecule has 1 aromatic heterocycles. The highest BCUT2D eigenvalue weighted by Crippen LogP contribution is 2.42. The Bertz CT molecular complexity index is 694. The van der Waals surface area contributed by atoms with Gasteiger partial charge >= 0.3 is 6.29 Å². The summed E-state index contributed by atoms with van der Waals surface area (Å²) in [6, 6.07) is 5.93. The van der Waals surface area contributed by atoms with Crippen LogP contribution in [-0.2, 0) is 6.42 Å². The number of aryl methyl sites for hydroxylation is 1. The number of nitrogens with two attached hydrogens (primary N) is 1. The van der Waals surface area contributed by atoms with E-state index in [1.807, 2.05) is 6.92 Å². The Morgan fingerprint density at radius 3 is 2.71 bits per heavy atom. The highest BCUT2D eigenvalue weighted by Gasteiger charge is 2.43. The molecular formula is C13H12F2N4O2. The van der Waals surface area contributed by atoms with Gasteiger partial charge in [0.05, 0.1) is 0 Å². The molecule has 0 aliphatic carbocycles. The lowest BCUT2D eigenvalue weighted by molar-refractivity contribution is -0.286. The zero-order valence-corrected chi connectivity index (χ0v) is 11.1. The van der Waals surface area contributed by atoms with E-state index in [4.69, 9.17) is 5.73 Å². The molecule has 6 nitrogen and oxygen atoms in total. The Morgan fingerprint density at radius 1 is 1.19 bits per heavy atom. The predicted octanol–water partition coefficient (Wildman–Crippen LogP) is 2.69. The van der Waals surface area contributed by atoms with E-state index in [9.17, 15) is 8.78 Å². The van der Waals surface area contributed by atoms with Crippen molar-refractivity contribution >= 4 is 17.3 Å². The minimum atomic E-state index is -3.63. The van der Waals surface area contributed by atoms with Crippen molar-refractivity contribution in [3.8, 4) is 11.5 Å². The summed E-state index contributed by atoms with van der Waals surface area (Å²) in [4.78, 5) is 8.30. The molecule has 3 rings (SSSR count). The summed E-state index contributed by atoms with van der Waals surface area (Å²) in [6.07, 6.45) is -3.00. The molecule has 21 heavy (non-hydrogen) atoms. The molecule has 110 valence electrons. The average molecular weight is 294 g/mol. The van der Waals surface area contributed by atoms with Gasteiger partial charge in [0.1, 0.15) is 17.5 Å². The zero-order chi connectivity index (χ0) is 15.0. The van der Waals surface area contributed by atoms with E-state index in [0.29, 0.717) is 29.6 Å². The minimum absolute atomic E-state index is 0.0120. The minimum Gasteiger partial charge on any atom is -0.395 e. The number of anilines is 3. The fourth-order valence-electron chi connectivity index (χ4n) is 1.91. The molecule has 1 aromatic carbocycles. The predicted molar refractivity (Wildman–Crippen MR) is 71.8 cm³/mol. The monoisotopic (exact) mass is 294 g/mol. The van der Waals surface area contributed by atoms with Gasteiger partial charge in [0.2, 0.25) is 0 Å². The molecule has 8 heteroatoms. The van der Waals surface area contributed by atoms with Crippen molar-refractivity contribution in [2.75, 3.05) is 11.1 Å². The second-order valence-corrected chi connectivity index (χ2v) is 4.40. The number of nitrogens with zero attached hydrogens (tertiary/aromatic N) is 2. The number of nitrogen functional groups attached to an aromatic ring is 1. The maximum atomic E-state index is 12.9. The zero-order valence-electron chi connectivity index (χ0n) is 11.1. The van der Waals surface area contributed by atoms with Crippen LogP contribution in [0.3, 0.4) is 0 Å². The largest absolute Gasteiger partial charge is 0.586 e. The van der Waals surface area contributed by atoms with Crippen LogP contribution in [0, 0.1) is 0 Å². The van der Waals surface area contributed by atoms with E-state index in [2.05, 4.69) is 24.8 Å². The summed E-state index contributed by atoms with van der Waals surface area (Å²) in [7, 11) is 0. The third-order valence-corrected chi connectivity index (χ3v) is 2.78. The van der Waals surface area contributed by atoms with Crippen LogP contribution in [0.4, 0.5) is 26.1 Å². The van der Waals surface area contributed by atoms with E-state index < -0.39 is 6.29 Å². The first-order valence-corrected chi connectivity index (χ1v) is 6.25. The molecule has 0 saturated heterocycles. The van der Waals surface area contributed by atoms with Gasteiger partial charge in [-0.3, -0.25) is 0 Å². The lowest BCUT2D eigenvalue weighted by atomic mass is 10.3. The van der Waals surface area contributed by atoms with E-state index in [1.54, 1.807) is 12.1 Å². The van der Waals surface area contributed by atoms with Gasteiger partial charge in [0.15, 0.2) is 11.5 Å². The molecule has 0 amide bonds. The molecule has 0 bridgehead atoms. The lowest BCUT2D eigenvalue weighted by Crippen LogP contribution is -2.25. The molecule has 0 radical (unpaired) electrons. The summed E-state index contributed by atoms with van der Waals surface area (Å²) in [5.41, 5.74) is 6.20. The number of rotatable bonds is 3. The number of aromatic nitrogens is 2. The van der Waals surface area contributed by atoms with Gasteiger partial charge in [-0.05, 0) is 12.1 Å². The van der Waals surface area contributed by atoms with E-state index in [1.165, 1.54) is 12.1 Å². The number of halogens is 2. The van der Waals surface area contributed by atoms with Crippen molar-refractivity contribution in [2.45, 2.75) is 19.6 Å². The van der Waals surface area contributed by atoms with E-state index in [-0.39, 0.29) is 11.5 Å². The number of hydrogen-bond donors (Lipinski definition) is 2. The number of ether oxygens (including phenoxy) is 2. The van der Waals surface area contributed by atoms with Crippen molar-refractivity contribution in [1.82, 2.24) is 9.97 Å². The van der Waals surface area contributed by atoms with Crippen molar-refractivity contribution in [2.24, 2.45) is 0 Å². The highest BCUT2D eigenvalue weighted by molar-refractivity contribution is 5.63. The number of nitrogens with one attached hydrogen (secondary N) is 1. The molecule has 1 aliphatic rings. The molecular weight excluding hydrogens is 282 g/mol. The standard InChI is InChI=1S/C13H12F2N4O2/c1-2-11-18-10(16)6-12(19-11)17-7-3-4-8-9(5-7)21-13(14,15)20-8/h3-6H,2H2,1H3,(H3,16,17,18,19). The summed E-state index contributed by atoms with van der Waals surface area (Å²) < 4.78 is 34.6. The van der Waals surface area contributed by atoms with Gasteiger partial charge in [-0.2, -0.15) is 0 Å². The molecule has 3 N–H and O–H groups in total. The van der Waals surface area contributed by atoms with Crippen LogP contribution in [0.2, 0.25) is 0 Å². The van der Waals surface area contributed by atoms with Crippen LogP contribution in [0.25, 0.3) is 0 Å². The lowest BCUT2D eigenvalue weighted by Gasteiger charge is -2.08. The Morgan fingerprint density at radius 2 is 1.95 bits per heavy atom. The Labute approximate surface area is 118 Å².